The molecule has 0 saturated carbocycles. The highest BCUT2D eigenvalue weighted by Gasteiger charge is 2.39. The highest BCUT2D eigenvalue weighted by atomic mass is 19.1. The molecule has 4 heterocycles. The predicted octanol–water partition coefficient (Wildman–Crippen LogP) is 3.08. The molecule has 2 aliphatic heterocycles. The van der Waals surface area contributed by atoms with E-state index in [1.165, 1.54) is 29.6 Å². The lowest BCUT2D eigenvalue weighted by atomic mass is 9.80. The Balaban J connectivity index is 1.15. The molecule has 214 valence electrons. The van der Waals surface area contributed by atoms with Crippen LogP contribution < -0.4 is 15.6 Å². The highest BCUT2D eigenvalue weighted by molar-refractivity contribution is 5.80. The summed E-state index contributed by atoms with van der Waals surface area (Å²) in [6.07, 6.45) is 4.68. The minimum Gasteiger partial charge on any atom is -0.494 e. The van der Waals surface area contributed by atoms with Crippen LogP contribution in [0.5, 0.6) is 5.75 Å². The maximum atomic E-state index is 13.9. The van der Waals surface area contributed by atoms with Crippen molar-refractivity contribution in [1.82, 2.24) is 24.3 Å². The molecular formula is C31H34FN5O4. The average molecular weight is 560 g/mol. The second kappa shape index (κ2) is 11.1. The maximum absolute atomic E-state index is 13.9. The number of nitrogens with one attached hydrogen (secondary N) is 1. The Bertz CT molecular complexity index is 1610. The molecule has 0 unspecified atom stereocenters. The zero-order valence-electron chi connectivity index (χ0n) is 23.0. The number of amides is 1. The molecule has 0 spiro atoms. The molecule has 9 nitrogen and oxygen atoms in total. The molecule has 0 radical (unpaired) electrons. The summed E-state index contributed by atoms with van der Waals surface area (Å²) >= 11 is 0. The first-order chi connectivity index (χ1) is 19.9. The second-order valence-corrected chi connectivity index (χ2v) is 11.1. The van der Waals surface area contributed by atoms with Gasteiger partial charge >= 0.3 is 0 Å². The van der Waals surface area contributed by atoms with Gasteiger partial charge in [0.25, 0.3) is 5.56 Å². The minimum absolute atomic E-state index is 0.0896. The van der Waals surface area contributed by atoms with Crippen molar-refractivity contribution in [3.8, 4) is 11.4 Å². The van der Waals surface area contributed by atoms with E-state index in [0.29, 0.717) is 42.7 Å². The van der Waals surface area contributed by atoms with E-state index < -0.39 is 11.4 Å². The number of hydrogen-bond acceptors (Lipinski definition) is 6. The van der Waals surface area contributed by atoms with Crippen molar-refractivity contribution in [2.45, 2.75) is 37.3 Å². The Morgan fingerprint density at radius 3 is 2.71 bits per heavy atom. The van der Waals surface area contributed by atoms with Crippen molar-refractivity contribution >= 4 is 16.9 Å². The number of aliphatic hydroxyl groups is 1. The highest BCUT2D eigenvalue weighted by Crippen LogP contribution is 2.33. The molecule has 2 atom stereocenters. The summed E-state index contributed by atoms with van der Waals surface area (Å²) in [6, 6.07) is 16.3. The van der Waals surface area contributed by atoms with E-state index in [1.807, 2.05) is 23.1 Å². The number of fused-ring (bicyclic) bond motifs is 1. The van der Waals surface area contributed by atoms with Crippen LogP contribution in [0.15, 0.2) is 71.9 Å². The van der Waals surface area contributed by atoms with Crippen molar-refractivity contribution in [3.05, 3.63) is 88.9 Å². The van der Waals surface area contributed by atoms with E-state index in [1.54, 1.807) is 29.0 Å². The lowest BCUT2D eigenvalue weighted by molar-refractivity contribution is -0.141. The zero-order chi connectivity index (χ0) is 28.6. The largest absolute Gasteiger partial charge is 0.494 e. The fourth-order valence-corrected chi connectivity index (χ4v) is 6.23. The number of carbonyl (C=O) groups is 1. The molecule has 2 aromatic carbocycles. The molecule has 10 heteroatoms. The van der Waals surface area contributed by atoms with E-state index in [0.717, 1.165) is 19.5 Å². The fraction of sp³-hybridized carbons (Fsp3) is 0.387. The lowest BCUT2D eigenvalue weighted by Gasteiger charge is -2.41. The number of ether oxygens (including phenoxy) is 1. The SMILES string of the molecule is COc1cc(-n2ccc3c(=O)n(CC4(O)CCN(C(=O)[C@@H]5CCNC[C@H]5c5ccccc5)CC4)cnc32)ccc1F. The number of hydrogen-bond donors (Lipinski definition) is 2. The van der Waals surface area contributed by atoms with Gasteiger partial charge in [0.1, 0.15) is 6.33 Å². The molecule has 2 aromatic heterocycles. The summed E-state index contributed by atoms with van der Waals surface area (Å²) in [6.45, 7) is 2.55. The third kappa shape index (κ3) is 5.25. The van der Waals surface area contributed by atoms with Gasteiger partial charge in [-0.1, -0.05) is 30.3 Å². The van der Waals surface area contributed by atoms with E-state index >= 15 is 0 Å². The number of likely N-dealkylation sites (tertiary alicyclic amines) is 1. The Kier molecular flexibility index (Phi) is 7.35. The third-order valence-corrected chi connectivity index (χ3v) is 8.58. The van der Waals surface area contributed by atoms with Crippen molar-refractivity contribution in [2.24, 2.45) is 5.92 Å². The van der Waals surface area contributed by atoms with Gasteiger partial charge in [0.2, 0.25) is 5.91 Å². The van der Waals surface area contributed by atoms with Gasteiger partial charge in [-0.2, -0.15) is 0 Å². The molecule has 2 fully saturated rings. The summed E-state index contributed by atoms with van der Waals surface area (Å²) in [5.74, 6) is -0.209. The third-order valence-electron chi connectivity index (χ3n) is 8.58. The number of benzene rings is 2. The van der Waals surface area contributed by atoms with E-state index in [2.05, 4.69) is 22.4 Å². The molecule has 2 aliphatic rings. The summed E-state index contributed by atoms with van der Waals surface area (Å²) < 4.78 is 22.1. The number of carbonyl (C=O) groups excluding carboxylic acids is 1. The molecule has 2 N–H and O–H groups in total. The van der Waals surface area contributed by atoms with Crippen molar-refractivity contribution < 1.29 is 19.0 Å². The molecule has 1 amide bonds. The molecule has 2 saturated heterocycles. The second-order valence-electron chi connectivity index (χ2n) is 11.1. The van der Waals surface area contributed by atoms with Crippen molar-refractivity contribution in [2.75, 3.05) is 33.3 Å². The number of rotatable bonds is 6. The monoisotopic (exact) mass is 559 g/mol. The number of nitrogens with zero attached hydrogens (tertiary/aromatic N) is 4. The summed E-state index contributed by atoms with van der Waals surface area (Å²) in [5, 5.41) is 15.3. The summed E-state index contributed by atoms with van der Waals surface area (Å²) in [7, 11) is 1.40. The molecule has 0 bridgehead atoms. The van der Waals surface area contributed by atoms with Gasteiger partial charge in [-0.25, -0.2) is 9.37 Å². The van der Waals surface area contributed by atoms with Gasteiger partial charge in [-0.05, 0) is 49.6 Å². The smallest absolute Gasteiger partial charge is 0.262 e. The maximum Gasteiger partial charge on any atom is 0.262 e. The number of aromatic nitrogens is 3. The molecule has 4 aromatic rings. The van der Waals surface area contributed by atoms with Crippen LogP contribution in [-0.4, -0.2) is 68.9 Å². The van der Waals surface area contributed by atoms with E-state index in [9.17, 15) is 19.1 Å². The van der Waals surface area contributed by atoms with Crippen LogP contribution in [0, 0.1) is 11.7 Å². The van der Waals surface area contributed by atoms with E-state index in [4.69, 9.17) is 4.74 Å². The van der Waals surface area contributed by atoms with Crippen LogP contribution in [0.4, 0.5) is 4.39 Å². The van der Waals surface area contributed by atoms with Crippen molar-refractivity contribution in [3.63, 3.8) is 0 Å². The topological polar surface area (TPSA) is 102 Å². The lowest BCUT2D eigenvalue weighted by Crippen LogP contribution is -2.52. The van der Waals surface area contributed by atoms with Gasteiger partial charge in [-0.15, -0.1) is 0 Å². The Morgan fingerprint density at radius 2 is 1.95 bits per heavy atom. The van der Waals surface area contributed by atoms with Crippen LogP contribution in [0.1, 0.15) is 30.7 Å². The first-order valence-corrected chi connectivity index (χ1v) is 14.0. The quantitative estimate of drug-likeness (QED) is 0.377. The van der Waals surface area contributed by atoms with Gasteiger partial charge in [-0.3, -0.25) is 14.2 Å². The first kappa shape index (κ1) is 27.2. The average Bonchev–Trinajstić information content (AvgIpc) is 3.44. The predicted molar refractivity (Wildman–Crippen MR) is 153 cm³/mol. The van der Waals surface area contributed by atoms with Crippen LogP contribution >= 0.6 is 0 Å². The van der Waals surface area contributed by atoms with Crippen LogP contribution in [-0.2, 0) is 11.3 Å². The Hall–Kier alpha value is -4.02. The standard InChI is InChI=1S/C31H34FN5O4/c1-41-27-17-22(7-8-26(27)32)37-14-10-24-28(37)34-20-36(30(24)39)19-31(40)11-15-35(16-12-31)29(38)23-9-13-33-18-25(23)21-5-3-2-4-6-21/h2-8,10,14,17,20,23,25,33,40H,9,11-13,15-16,18-19H2,1H3/t23-,25+/m1/s1. The van der Waals surface area contributed by atoms with Crippen LogP contribution in [0.2, 0.25) is 0 Å². The zero-order valence-corrected chi connectivity index (χ0v) is 23.0. The van der Waals surface area contributed by atoms with Gasteiger partial charge < -0.3 is 24.6 Å². The fourth-order valence-electron chi connectivity index (χ4n) is 6.23. The molecule has 6 rings (SSSR count). The Morgan fingerprint density at radius 1 is 1.17 bits per heavy atom. The Labute approximate surface area is 237 Å². The van der Waals surface area contributed by atoms with Gasteiger partial charge in [0, 0.05) is 43.7 Å². The van der Waals surface area contributed by atoms with Gasteiger partial charge in [0.05, 0.1) is 30.3 Å². The number of halogens is 1. The van der Waals surface area contributed by atoms with Crippen LogP contribution in [0.25, 0.3) is 16.7 Å². The van der Waals surface area contributed by atoms with Crippen molar-refractivity contribution in [1.29, 1.82) is 0 Å². The molecule has 41 heavy (non-hydrogen) atoms. The number of methoxy groups -OCH3 is 1. The summed E-state index contributed by atoms with van der Waals surface area (Å²) in [4.78, 5) is 33.3. The summed E-state index contributed by atoms with van der Waals surface area (Å²) in [5.41, 5.74) is 0.816. The first-order valence-electron chi connectivity index (χ1n) is 14.0. The molecular weight excluding hydrogens is 525 g/mol. The van der Waals surface area contributed by atoms with Gasteiger partial charge in [0.15, 0.2) is 17.2 Å². The van der Waals surface area contributed by atoms with Crippen LogP contribution in [0.3, 0.4) is 0 Å². The minimum atomic E-state index is -1.13. The number of piperidine rings is 2. The normalized spacial score (nSPS) is 20.7. The van der Waals surface area contributed by atoms with E-state index in [-0.39, 0.29) is 35.6 Å². The molecule has 0 aliphatic carbocycles.